The van der Waals surface area contributed by atoms with Gasteiger partial charge in [0.25, 0.3) is 0 Å². The topological polar surface area (TPSA) is 46.5 Å². The molecule has 88 valence electrons. The third-order valence-corrected chi connectivity index (χ3v) is 3.52. The summed E-state index contributed by atoms with van der Waals surface area (Å²) in [6.07, 6.45) is 4.33. The summed E-state index contributed by atoms with van der Waals surface area (Å²) in [4.78, 5) is 11.6. The van der Waals surface area contributed by atoms with E-state index in [1.54, 1.807) is 13.8 Å². The van der Waals surface area contributed by atoms with E-state index in [-0.39, 0.29) is 5.92 Å². The highest BCUT2D eigenvalue weighted by molar-refractivity contribution is 5.79. The second kappa shape index (κ2) is 4.97. The first-order chi connectivity index (χ1) is 7.00. The van der Waals surface area contributed by atoms with Gasteiger partial charge in [-0.2, -0.15) is 0 Å². The van der Waals surface area contributed by atoms with Gasteiger partial charge in [0.05, 0.1) is 6.61 Å². The molecule has 1 rings (SSSR count). The molecule has 3 atom stereocenters. The average molecular weight is 214 g/mol. The summed E-state index contributed by atoms with van der Waals surface area (Å²) in [6.45, 7) is 5.80. The second-order valence-electron chi connectivity index (χ2n) is 4.74. The molecule has 1 saturated carbocycles. The summed E-state index contributed by atoms with van der Waals surface area (Å²) in [7, 11) is 0. The van der Waals surface area contributed by atoms with E-state index in [0.29, 0.717) is 12.5 Å². The van der Waals surface area contributed by atoms with Crippen LogP contribution in [0.4, 0.5) is 0 Å². The Morgan fingerprint density at radius 1 is 1.47 bits per heavy atom. The molecule has 1 N–H and O–H groups in total. The SMILES string of the molecule is CCOC(=O)C(C)(O)C1CCCCC1C. The number of rotatable bonds is 3. The lowest BCUT2D eigenvalue weighted by Gasteiger charge is -2.37. The van der Waals surface area contributed by atoms with Crippen LogP contribution in [0, 0.1) is 11.8 Å². The zero-order chi connectivity index (χ0) is 11.5. The molecule has 0 saturated heterocycles. The molecule has 0 heterocycles. The predicted octanol–water partition coefficient (Wildman–Crippen LogP) is 2.13. The van der Waals surface area contributed by atoms with Gasteiger partial charge >= 0.3 is 5.97 Å². The van der Waals surface area contributed by atoms with E-state index in [4.69, 9.17) is 4.74 Å². The number of hydrogen-bond acceptors (Lipinski definition) is 3. The highest BCUT2D eigenvalue weighted by Crippen LogP contribution is 2.37. The van der Waals surface area contributed by atoms with Crippen molar-refractivity contribution >= 4 is 5.97 Å². The molecular weight excluding hydrogens is 192 g/mol. The van der Waals surface area contributed by atoms with E-state index in [1.165, 1.54) is 6.42 Å². The molecule has 1 fully saturated rings. The smallest absolute Gasteiger partial charge is 0.338 e. The highest BCUT2D eigenvalue weighted by atomic mass is 16.5. The minimum atomic E-state index is -1.31. The van der Waals surface area contributed by atoms with Crippen molar-refractivity contribution in [2.24, 2.45) is 11.8 Å². The van der Waals surface area contributed by atoms with Gasteiger partial charge in [0.15, 0.2) is 5.60 Å². The van der Waals surface area contributed by atoms with Crippen LogP contribution < -0.4 is 0 Å². The molecule has 1 aliphatic carbocycles. The molecule has 0 aromatic carbocycles. The van der Waals surface area contributed by atoms with E-state index < -0.39 is 11.6 Å². The Bertz CT molecular complexity index is 223. The molecular formula is C12H22O3. The molecule has 3 heteroatoms. The standard InChI is InChI=1S/C12H22O3/c1-4-15-11(13)12(3,14)10-8-6-5-7-9(10)2/h9-10,14H,4-8H2,1-3H3. The van der Waals surface area contributed by atoms with Gasteiger partial charge in [-0.1, -0.05) is 26.2 Å². The fourth-order valence-corrected chi connectivity index (χ4v) is 2.58. The molecule has 0 radical (unpaired) electrons. The Labute approximate surface area is 91.8 Å². The zero-order valence-electron chi connectivity index (χ0n) is 9.95. The second-order valence-corrected chi connectivity index (χ2v) is 4.74. The van der Waals surface area contributed by atoms with Gasteiger partial charge in [-0.05, 0) is 26.2 Å². The number of hydrogen-bond donors (Lipinski definition) is 1. The molecule has 0 bridgehead atoms. The molecule has 0 aliphatic heterocycles. The van der Waals surface area contributed by atoms with Crippen molar-refractivity contribution in [1.29, 1.82) is 0 Å². The number of carbonyl (C=O) groups is 1. The third kappa shape index (κ3) is 2.71. The van der Waals surface area contributed by atoms with Crippen LogP contribution in [-0.4, -0.2) is 23.3 Å². The number of ether oxygens (including phenoxy) is 1. The minimum Gasteiger partial charge on any atom is -0.464 e. The van der Waals surface area contributed by atoms with E-state index in [0.717, 1.165) is 19.3 Å². The van der Waals surface area contributed by atoms with Crippen molar-refractivity contribution in [2.45, 2.75) is 52.1 Å². The molecule has 0 spiro atoms. The number of esters is 1. The van der Waals surface area contributed by atoms with Gasteiger partial charge in [-0.15, -0.1) is 0 Å². The van der Waals surface area contributed by atoms with Gasteiger partial charge in [0.2, 0.25) is 0 Å². The van der Waals surface area contributed by atoms with Crippen molar-refractivity contribution in [3.63, 3.8) is 0 Å². The lowest BCUT2D eigenvalue weighted by atomic mass is 9.71. The van der Waals surface area contributed by atoms with Crippen LogP contribution >= 0.6 is 0 Å². The van der Waals surface area contributed by atoms with Gasteiger partial charge in [-0.25, -0.2) is 4.79 Å². The van der Waals surface area contributed by atoms with Crippen molar-refractivity contribution in [2.75, 3.05) is 6.61 Å². The fraction of sp³-hybridized carbons (Fsp3) is 0.917. The Hall–Kier alpha value is -0.570. The fourth-order valence-electron chi connectivity index (χ4n) is 2.58. The van der Waals surface area contributed by atoms with Crippen LogP contribution in [0.3, 0.4) is 0 Å². The van der Waals surface area contributed by atoms with Crippen LogP contribution in [0.5, 0.6) is 0 Å². The minimum absolute atomic E-state index is 0.0466. The van der Waals surface area contributed by atoms with Crippen molar-refractivity contribution < 1.29 is 14.6 Å². The molecule has 1 aliphatic rings. The van der Waals surface area contributed by atoms with Crippen molar-refractivity contribution in [1.82, 2.24) is 0 Å². The summed E-state index contributed by atoms with van der Waals surface area (Å²) >= 11 is 0. The monoisotopic (exact) mass is 214 g/mol. The van der Waals surface area contributed by atoms with E-state index in [2.05, 4.69) is 6.92 Å². The molecule has 3 unspecified atom stereocenters. The van der Waals surface area contributed by atoms with E-state index >= 15 is 0 Å². The number of carbonyl (C=O) groups excluding carboxylic acids is 1. The predicted molar refractivity (Wildman–Crippen MR) is 58.4 cm³/mol. The summed E-state index contributed by atoms with van der Waals surface area (Å²) < 4.78 is 4.92. The first-order valence-electron chi connectivity index (χ1n) is 5.89. The lowest BCUT2D eigenvalue weighted by Crippen LogP contribution is -2.47. The molecule has 3 nitrogen and oxygen atoms in total. The summed E-state index contributed by atoms with van der Waals surface area (Å²) in [5.74, 6) is -0.0211. The summed E-state index contributed by atoms with van der Waals surface area (Å²) in [5.41, 5.74) is -1.31. The van der Waals surface area contributed by atoms with Crippen LogP contribution in [0.1, 0.15) is 46.5 Å². The largest absolute Gasteiger partial charge is 0.464 e. The van der Waals surface area contributed by atoms with Crippen LogP contribution in [0.25, 0.3) is 0 Å². The molecule has 0 aromatic heterocycles. The third-order valence-electron chi connectivity index (χ3n) is 3.52. The van der Waals surface area contributed by atoms with Crippen LogP contribution in [-0.2, 0) is 9.53 Å². The maximum Gasteiger partial charge on any atom is 0.338 e. The molecule has 0 aromatic rings. The first kappa shape index (κ1) is 12.5. The van der Waals surface area contributed by atoms with Crippen molar-refractivity contribution in [3.05, 3.63) is 0 Å². The number of aliphatic hydroxyl groups is 1. The lowest BCUT2D eigenvalue weighted by molar-refractivity contribution is -0.172. The van der Waals surface area contributed by atoms with Crippen LogP contribution in [0.2, 0.25) is 0 Å². The Balaban J connectivity index is 2.69. The quantitative estimate of drug-likeness (QED) is 0.732. The zero-order valence-corrected chi connectivity index (χ0v) is 9.95. The van der Waals surface area contributed by atoms with Crippen LogP contribution in [0.15, 0.2) is 0 Å². The van der Waals surface area contributed by atoms with Crippen molar-refractivity contribution in [3.8, 4) is 0 Å². The van der Waals surface area contributed by atoms with Gasteiger partial charge in [0, 0.05) is 5.92 Å². The summed E-state index contributed by atoms with van der Waals surface area (Å²) in [5, 5.41) is 10.2. The Morgan fingerprint density at radius 3 is 2.60 bits per heavy atom. The maximum atomic E-state index is 11.6. The van der Waals surface area contributed by atoms with E-state index in [1.807, 2.05) is 0 Å². The first-order valence-corrected chi connectivity index (χ1v) is 5.89. The van der Waals surface area contributed by atoms with Gasteiger partial charge < -0.3 is 9.84 Å². The van der Waals surface area contributed by atoms with Gasteiger partial charge in [-0.3, -0.25) is 0 Å². The molecule has 0 amide bonds. The summed E-state index contributed by atoms with van der Waals surface area (Å²) in [6, 6.07) is 0. The van der Waals surface area contributed by atoms with Gasteiger partial charge in [0.1, 0.15) is 0 Å². The van der Waals surface area contributed by atoms with E-state index in [9.17, 15) is 9.90 Å². The average Bonchev–Trinajstić information content (AvgIpc) is 2.18. The normalized spacial score (nSPS) is 30.7. The maximum absolute atomic E-state index is 11.6. The Morgan fingerprint density at radius 2 is 2.07 bits per heavy atom. The molecule has 15 heavy (non-hydrogen) atoms. The highest BCUT2D eigenvalue weighted by Gasteiger charge is 2.43. The Kier molecular flexibility index (Phi) is 4.14.